The van der Waals surface area contributed by atoms with Crippen LogP contribution < -0.4 is 4.90 Å². The normalized spacial score (nSPS) is 14.8. The first-order chi connectivity index (χ1) is 12.7. The maximum atomic E-state index is 4.44. The van der Waals surface area contributed by atoms with E-state index in [2.05, 4.69) is 95.4 Å². The zero-order valence-corrected chi connectivity index (χ0v) is 14.8. The largest absolute Gasteiger partial charge is 0.310 e. The van der Waals surface area contributed by atoms with E-state index in [0.717, 1.165) is 16.6 Å². The standard InChI is InChI=1S/C23H19N3/c1-23(2)18-7-3-5-9-21(18)26(22-10-6-4-8-19(22)23)17-12-11-16-14-24-15-25-20(16)13-17/h3-15H,1-2H3. The van der Waals surface area contributed by atoms with Gasteiger partial charge >= 0.3 is 0 Å². The zero-order valence-electron chi connectivity index (χ0n) is 14.8. The molecule has 3 nitrogen and oxygen atoms in total. The van der Waals surface area contributed by atoms with Crippen LogP contribution in [0.4, 0.5) is 17.1 Å². The number of benzene rings is 3. The Morgan fingerprint density at radius 2 is 1.46 bits per heavy atom. The molecule has 4 aromatic rings. The molecule has 126 valence electrons. The van der Waals surface area contributed by atoms with Crippen molar-refractivity contribution < 1.29 is 0 Å². The van der Waals surface area contributed by atoms with Crippen LogP contribution in [0.15, 0.2) is 79.3 Å². The van der Waals surface area contributed by atoms with Crippen LogP contribution in [0.25, 0.3) is 10.9 Å². The van der Waals surface area contributed by atoms with Crippen molar-refractivity contribution in [2.45, 2.75) is 19.3 Å². The molecule has 5 rings (SSSR count). The topological polar surface area (TPSA) is 29.0 Å². The Bertz CT molecular complexity index is 1080. The van der Waals surface area contributed by atoms with Crippen LogP contribution in [0, 0.1) is 0 Å². The Kier molecular flexibility index (Phi) is 3.13. The summed E-state index contributed by atoms with van der Waals surface area (Å²) in [7, 11) is 0. The summed E-state index contributed by atoms with van der Waals surface area (Å²) in [6.45, 7) is 4.60. The predicted molar refractivity (Wildman–Crippen MR) is 106 cm³/mol. The lowest BCUT2D eigenvalue weighted by Crippen LogP contribution is -2.30. The summed E-state index contributed by atoms with van der Waals surface area (Å²) >= 11 is 0. The molecule has 0 saturated heterocycles. The summed E-state index contributed by atoms with van der Waals surface area (Å²) in [5.74, 6) is 0. The Morgan fingerprint density at radius 3 is 2.15 bits per heavy atom. The Morgan fingerprint density at radius 1 is 0.808 bits per heavy atom. The summed E-state index contributed by atoms with van der Waals surface area (Å²) in [5, 5.41) is 1.05. The second-order valence-electron chi connectivity index (χ2n) is 7.26. The maximum absolute atomic E-state index is 4.44. The number of hydrogen-bond acceptors (Lipinski definition) is 3. The Balaban J connectivity index is 1.81. The number of nitrogens with zero attached hydrogens (tertiary/aromatic N) is 3. The summed E-state index contributed by atoms with van der Waals surface area (Å²) in [6, 6.07) is 23.7. The monoisotopic (exact) mass is 337 g/mol. The summed E-state index contributed by atoms with van der Waals surface area (Å²) < 4.78 is 0. The van der Waals surface area contributed by atoms with Gasteiger partial charge in [-0.1, -0.05) is 50.2 Å². The van der Waals surface area contributed by atoms with Gasteiger partial charge in [0, 0.05) is 22.7 Å². The number of fused-ring (bicyclic) bond motifs is 3. The van der Waals surface area contributed by atoms with Crippen LogP contribution in [0.2, 0.25) is 0 Å². The van der Waals surface area contributed by atoms with Gasteiger partial charge < -0.3 is 4.90 Å². The minimum absolute atomic E-state index is 0.0390. The van der Waals surface area contributed by atoms with E-state index in [1.165, 1.54) is 22.5 Å². The first-order valence-corrected chi connectivity index (χ1v) is 8.85. The zero-order chi connectivity index (χ0) is 17.7. The highest BCUT2D eigenvalue weighted by atomic mass is 15.2. The highest BCUT2D eigenvalue weighted by Gasteiger charge is 2.36. The maximum Gasteiger partial charge on any atom is 0.116 e. The predicted octanol–water partition coefficient (Wildman–Crippen LogP) is 5.74. The molecule has 0 bridgehead atoms. The number of rotatable bonds is 1. The SMILES string of the molecule is CC1(C)c2ccccc2N(c2ccc3cncnc3c2)c2ccccc21. The molecule has 1 aromatic heterocycles. The molecule has 0 saturated carbocycles. The lowest BCUT2D eigenvalue weighted by Gasteiger charge is -2.42. The van der Waals surface area contributed by atoms with Gasteiger partial charge in [-0.05, 0) is 41.5 Å². The third-order valence-electron chi connectivity index (χ3n) is 5.39. The van der Waals surface area contributed by atoms with Crippen molar-refractivity contribution in [2.75, 3.05) is 4.90 Å². The molecule has 0 spiro atoms. The van der Waals surface area contributed by atoms with E-state index in [1.807, 2.05) is 6.20 Å². The van der Waals surface area contributed by atoms with Crippen LogP contribution in [-0.4, -0.2) is 9.97 Å². The van der Waals surface area contributed by atoms with Crippen LogP contribution in [0.3, 0.4) is 0 Å². The number of para-hydroxylation sites is 2. The van der Waals surface area contributed by atoms with Crippen molar-refractivity contribution in [3.8, 4) is 0 Å². The van der Waals surface area contributed by atoms with Gasteiger partial charge in [-0.15, -0.1) is 0 Å². The molecule has 0 N–H and O–H groups in total. The first-order valence-electron chi connectivity index (χ1n) is 8.85. The van der Waals surface area contributed by atoms with Crippen LogP contribution in [0.5, 0.6) is 0 Å². The van der Waals surface area contributed by atoms with Crippen LogP contribution in [-0.2, 0) is 5.41 Å². The summed E-state index contributed by atoms with van der Waals surface area (Å²) in [6.07, 6.45) is 3.46. The van der Waals surface area contributed by atoms with E-state index in [1.54, 1.807) is 6.33 Å². The molecular formula is C23H19N3. The third-order valence-corrected chi connectivity index (χ3v) is 5.39. The van der Waals surface area contributed by atoms with Gasteiger partial charge in [0.1, 0.15) is 6.33 Å². The smallest absolute Gasteiger partial charge is 0.116 e. The molecule has 0 aliphatic carbocycles. The van der Waals surface area contributed by atoms with Crippen molar-refractivity contribution >= 4 is 28.0 Å². The molecule has 0 unspecified atom stereocenters. The van der Waals surface area contributed by atoms with Gasteiger partial charge in [0.15, 0.2) is 0 Å². The Labute approximate surface area is 153 Å². The molecule has 3 heteroatoms. The highest BCUT2D eigenvalue weighted by Crippen LogP contribution is 2.51. The minimum atomic E-state index is -0.0390. The molecule has 1 aliphatic heterocycles. The van der Waals surface area contributed by atoms with Gasteiger partial charge in [0.05, 0.1) is 16.9 Å². The van der Waals surface area contributed by atoms with E-state index in [4.69, 9.17) is 0 Å². The molecule has 26 heavy (non-hydrogen) atoms. The molecule has 0 fully saturated rings. The number of anilines is 3. The van der Waals surface area contributed by atoms with Crippen LogP contribution in [0.1, 0.15) is 25.0 Å². The van der Waals surface area contributed by atoms with Crippen molar-refractivity contribution in [3.05, 3.63) is 90.4 Å². The van der Waals surface area contributed by atoms with Gasteiger partial charge in [-0.2, -0.15) is 0 Å². The average Bonchev–Trinajstić information content (AvgIpc) is 2.68. The van der Waals surface area contributed by atoms with E-state index in [0.29, 0.717) is 0 Å². The molecule has 0 atom stereocenters. The van der Waals surface area contributed by atoms with E-state index in [9.17, 15) is 0 Å². The molecular weight excluding hydrogens is 318 g/mol. The molecule has 0 radical (unpaired) electrons. The lowest BCUT2D eigenvalue weighted by atomic mass is 9.73. The van der Waals surface area contributed by atoms with E-state index >= 15 is 0 Å². The van der Waals surface area contributed by atoms with Crippen molar-refractivity contribution in [1.29, 1.82) is 0 Å². The number of hydrogen-bond donors (Lipinski definition) is 0. The molecule has 1 aliphatic rings. The second-order valence-corrected chi connectivity index (χ2v) is 7.26. The molecule has 2 heterocycles. The summed E-state index contributed by atoms with van der Waals surface area (Å²) in [4.78, 5) is 10.9. The second kappa shape index (κ2) is 5.40. The quantitative estimate of drug-likeness (QED) is 0.443. The highest BCUT2D eigenvalue weighted by molar-refractivity contribution is 5.90. The van der Waals surface area contributed by atoms with E-state index < -0.39 is 0 Å². The molecule has 0 amide bonds. The van der Waals surface area contributed by atoms with Crippen molar-refractivity contribution in [3.63, 3.8) is 0 Å². The Hall–Kier alpha value is -3.20. The molecule has 3 aromatic carbocycles. The third kappa shape index (κ3) is 2.07. The average molecular weight is 337 g/mol. The fourth-order valence-corrected chi connectivity index (χ4v) is 4.05. The van der Waals surface area contributed by atoms with Gasteiger partial charge in [0.2, 0.25) is 0 Å². The van der Waals surface area contributed by atoms with Gasteiger partial charge in [0.25, 0.3) is 0 Å². The first kappa shape index (κ1) is 15.1. The summed E-state index contributed by atoms with van der Waals surface area (Å²) in [5.41, 5.74) is 7.16. The number of aromatic nitrogens is 2. The van der Waals surface area contributed by atoms with E-state index in [-0.39, 0.29) is 5.41 Å². The van der Waals surface area contributed by atoms with Gasteiger partial charge in [-0.3, -0.25) is 0 Å². The minimum Gasteiger partial charge on any atom is -0.310 e. The van der Waals surface area contributed by atoms with Gasteiger partial charge in [-0.25, -0.2) is 9.97 Å². The fraction of sp³-hybridized carbons (Fsp3) is 0.130. The van der Waals surface area contributed by atoms with Crippen LogP contribution >= 0.6 is 0 Å². The van der Waals surface area contributed by atoms with Crippen molar-refractivity contribution in [1.82, 2.24) is 9.97 Å². The lowest BCUT2D eigenvalue weighted by molar-refractivity contribution is 0.632. The van der Waals surface area contributed by atoms with Crippen molar-refractivity contribution in [2.24, 2.45) is 0 Å². The fourth-order valence-electron chi connectivity index (χ4n) is 4.05.